The van der Waals surface area contributed by atoms with E-state index in [2.05, 4.69) is 5.32 Å². The Morgan fingerprint density at radius 2 is 1.84 bits per heavy atom. The molecule has 0 aliphatic carbocycles. The zero-order valence-corrected chi connectivity index (χ0v) is 13.0. The highest BCUT2D eigenvalue weighted by atomic mass is 35.5. The second kappa shape index (κ2) is 8.25. The van der Waals surface area contributed by atoms with Gasteiger partial charge < -0.3 is 14.8 Å². The summed E-state index contributed by atoms with van der Waals surface area (Å²) in [6, 6.07) is -0.181. The number of amides is 1. The quantitative estimate of drug-likeness (QED) is 0.604. The molecule has 1 atom stereocenters. The maximum Gasteiger partial charge on any atom is 0.407 e. The summed E-state index contributed by atoms with van der Waals surface area (Å²) in [6.07, 6.45) is 0.0749. The van der Waals surface area contributed by atoms with Crippen molar-refractivity contribution in [3.8, 4) is 0 Å². The first-order valence-corrected chi connectivity index (χ1v) is 6.88. The van der Waals surface area contributed by atoms with Crippen LogP contribution < -0.4 is 5.32 Å². The van der Waals surface area contributed by atoms with E-state index in [1.807, 2.05) is 13.8 Å². The molecule has 19 heavy (non-hydrogen) atoms. The van der Waals surface area contributed by atoms with Gasteiger partial charge in [-0.05, 0) is 33.1 Å². The lowest BCUT2D eigenvalue weighted by atomic mass is 9.97. The van der Waals surface area contributed by atoms with Gasteiger partial charge in [0.2, 0.25) is 0 Å². The average Bonchev–Trinajstić information content (AvgIpc) is 2.21. The predicted molar refractivity (Wildman–Crippen MR) is 74.0 cm³/mol. The summed E-state index contributed by atoms with van der Waals surface area (Å²) in [5.41, 5.74) is -0.561. The first-order valence-electron chi connectivity index (χ1n) is 6.35. The number of hydrogen-bond donors (Lipinski definition) is 1. The minimum atomic E-state index is -0.561. The van der Waals surface area contributed by atoms with Crippen molar-refractivity contribution in [2.24, 2.45) is 11.8 Å². The molecule has 5 nitrogen and oxygen atoms in total. The Morgan fingerprint density at radius 3 is 2.26 bits per heavy atom. The van der Waals surface area contributed by atoms with Crippen LogP contribution in [-0.2, 0) is 14.3 Å². The van der Waals surface area contributed by atoms with Crippen LogP contribution in [0.3, 0.4) is 0 Å². The zero-order chi connectivity index (χ0) is 15.1. The van der Waals surface area contributed by atoms with E-state index in [1.165, 1.54) is 0 Å². The lowest BCUT2D eigenvalue weighted by molar-refractivity contribution is -0.146. The van der Waals surface area contributed by atoms with Gasteiger partial charge in [0, 0.05) is 6.54 Å². The number of rotatable bonds is 6. The summed E-state index contributed by atoms with van der Waals surface area (Å²) >= 11 is 5.37. The average molecular weight is 294 g/mol. The van der Waals surface area contributed by atoms with Crippen LogP contribution in [0.4, 0.5) is 4.79 Å². The Balaban J connectivity index is 4.33. The Bertz CT molecular complexity index is 300. The molecular formula is C13H24ClNO4. The van der Waals surface area contributed by atoms with Gasteiger partial charge in [-0.15, -0.1) is 0 Å². The van der Waals surface area contributed by atoms with Gasteiger partial charge in [-0.2, -0.15) is 0 Å². The number of carbonyl (C=O) groups excluding carboxylic acids is 2. The van der Waals surface area contributed by atoms with Crippen LogP contribution >= 0.6 is 11.6 Å². The molecule has 0 aromatic rings. The molecule has 0 fully saturated rings. The van der Waals surface area contributed by atoms with Crippen molar-refractivity contribution in [1.29, 1.82) is 0 Å². The van der Waals surface area contributed by atoms with Crippen molar-refractivity contribution in [3.63, 3.8) is 0 Å². The number of nitrogens with one attached hydrogen (secondary N) is 1. The lowest BCUT2D eigenvalue weighted by Gasteiger charge is -2.22. The molecule has 1 amide bonds. The molecule has 6 heteroatoms. The first kappa shape index (κ1) is 18.0. The number of ether oxygens (including phenoxy) is 2. The highest BCUT2D eigenvalue weighted by molar-refractivity contribution is 6.17. The van der Waals surface area contributed by atoms with Crippen molar-refractivity contribution in [2.75, 3.05) is 12.6 Å². The van der Waals surface area contributed by atoms with Crippen molar-refractivity contribution in [3.05, 3.63) is 0 Å². The Labute approximate surface area is 120 Å². The minimum Gasteiger partial charge on any atom is -0.449 e. The largest absolute Gasteiger partial charge is 0.449 e. The monoisotopic (exact) mass is 293 g/mol. The molecule has 0 spiro atoms. The predicted octanol–water partition coefficient (Wildman–Crippen LogP) is 2.91. The molecule has 0 aromatic heterocycles. The third-order valence-electron chi connectivity index (χ3n) is 2.18. The van der Waals surface area contributed by atoms with Gasteiger partial charge in [0.05, 0.1) is 5.92 Å². The van der Waals surface area contributed by atoms with Crippen molar-refractivity contribution in [1.82, 2.24) is 5.32 Å². The maximum atomic E-state index is 11.7. The molecule has 1 unspecified atom stereocenters. The summed E-state index contributed by atoms with van der Waals surface area (Å²) in [5.74, 6) is -0.501. The Morgan fingerprint density at radius 1 is 1.26 bits per heavy atom. The molecule has 0 saturated heterocycles. The number of alkyl carbamates (subject to hydrolysis) is 1. The van der Waals surface area contributed by atoms with Crippen LogP contribution in [0.15, 0.2) is 0 Å². The Kier molecular flexibility index (Phi) is 7.83. The number of hydrogen-bond acceptors (Lipinski definition) is 4. The first-order chi connectivity index (χ1) is 8.65. The summed E-state index contributed by atoms with van der Waals surface area (Å²) in [5, 5.41) is 2.58. The standard InChI is InChI=1S/C13H24ClNO4/c1-9(2)6-10(11(16)18-8-14)7-15-12(17)19-13(3,4)5/h9-10H,6-8H2,1-5H3,(H,15,17). The van der Waals surface area contributed by atoms with Gasteiger partial charge in [-0.3, -0.25) is 4.79 Å². The smallest absolute Gasteiger partial charge is 0.407 e. The molecule has 0 aliphatic heterocycles. The molecular weight excluding hydrogens is 270 g/mol. The van der Waals surface area contributed by atoms with Crippen molar-refractivity contribution in [2.45, 2.75) is 46.6 Å². The highest BCUT2D eigenvalue weighted by Crippen LogP contribution is 2.13. The molecule has 0 heterocycles. The SMILES string of the molecule is CC(C)CC(CNC(=O)OC(C)(C)C)C(=O)OCCl. The van der Waals surface area contributed by atoms with Gasteiger partial charge in [0.25, 0.3) is 0 Å². The molecule has 0 saturated carbocycles. The summed E-state index contributed by atoms with van der Waals surface area (Å²) < 4.78 is 9.88. The summed E-state index contributed by atoms with van der Waals surface area (Å²) in [6.45, 7) is 9.51. The third-order valence-corrected chi connectivity index (χ3v) is 2.29. The van der Waals surface area contributed by atoms with Gasteiger partial charge in [0.1, 0.15) is 5.60 Å². The fourth-order valence-electron chi connectivity index (χ4n) is 1.52. The minimum absolute atomic E-state index is 0.181. The number of alkyl halides is 1. The topological polar surface area (TPSA) is 64.6 Å². The molecule has 0 radical (unpaired) electrons. The summed E-state index contributed by atoms with van der Waals surface area (Å²) in [4.78, 5) is 23.2. The normalized spacial score (nSPS) is 13.0. The van der Waals surface area contributed by atoms with Crippen LogP contribution in [-0.4, -0.2) is 30.3 Å². The van der Waals surface area contributed by atoms with Gasteiger partial charge in [0.15, 0.2) is 6.07 Å². The molecule has 112 valence electrons. The fourth-order valence-corrected chi connectivity index (χ4v) is 1.63. The van der Waals surface area contributed by atoms with E-state index in [0.29, 0.717) is 12.3 Å². The highest BCUT2D eigenvalue weighted by Gasteiger charge is 2.23. The second-order valence-electron chi connectivity index (χ2n) is 5.78. The van der Waals surface area contributed by atoms with Crippen LogP contribution in [0.2, 0.25) is 0 Å². The zero-order valence-electron chi connectivity index (χ0n) is 12.3. The number of esters is 1. The van der Waals surface area contributed by atoms with Crippen LogP contribution in [0.1, 0.15) is 41.0 Å². The van der Waals surface area contributed by atoms with E-state index in [9.17, 15) is 9.59 Å². The molecule has 0 bridgehead atoms. The number of halogens is 1. The van der Waals surface area contributed by atoms with E-state index < -0.39 is 23.6 Å². The third kappa shape index (κ3) is 9.59. The summed E-state index contributed by atoms with van der Waals surface area (Å²) in [7, 11) is 0. The van der Waals surface area contributed by atoms with Gasteiger partial charge in [-0.1, -0.05) is 25.4 Å². The van der Waals surface area contributed by atoms with Crippen LogP contribution in [0, 0.1) is 11.8 Å². The molecule has 0 aliphatic rings. The Hall–Kier alpha value is -0.970. The fraction of sp³-hybridized carbons (Fsp3) is 0.846. The van der Waals surface area contributed by atoms with Crippen LogP contribution in [0.25, 0.3) is 0 Å². The van der Waals surface area contributed by atoms with Crippen molar-refractivity contribution < 1.29 is 19.1 Å². The molecule has 0 aromatic carbocycles. The maximum absolute atomic E-state index is 11.7. The van der Waals surface area contributed by atoms with E-state index in [1.54, 1.807) is 20.8 Å². The van der Waals surface area contributed by atoms with Gasteiger partial charge in [-0.25, -0.2) is 4.79 Å². The van der Waals surface area contributed by atoms with E-state index >= 15 is 0 Å². The van der Waals surface area contributed by atoms with Crippen LogP contribution in [0.5, 0.6) is 0 Å². The number of carbonyl (C=O) groups is 2. The molecule has 1 N–H and O–H groups in total. The second-order valence-corrected chi connectivity index (χ2v) is 6.00. The lowest BCUT2D eigenvalue weighted by Crippen LogP contribution is -2.38. The van der Waals surface area contributed by atoms with E-state index in [4.69, 9.17) is 21.1 Å². The van der Waals surface area contributed by atoms with E-state index in [0.717, 1.165) is 0 Å². The van der Waals surface area contributed by atoms with E-state index in [-0.39, 0.29) is 12.6 Å². The van der Waals surface area contributed by atoms with Crippen molar-refractivity contribution >= 4 is 23.7 Å². The van der Waals surface area contributed by atoms with Gasteiger partial charge >= 0.3 is 12.1 Å². The molecule has 0 rings (SSSR count).